The summed E-state index contributed by atoms with van der Waals surface area (Å²) in [6.07, 6.45) is 6.77. The maximum Gasteiger partial charge on any atom is 0.122 e. The molecule has 5 aromatic rings. The Morgan fingerprint density at radius 3 is 1.60 bits per heavy atom. The molecule has 0 heterocycles. The summed E-state index contributed by atoms with van der Waals surface area (Å²) in [6, 6.07) is 42.7. The summed E-state index contributed by atoms with van der Waals surface area (Å²) in [5.41, 5.74) is 9.83. The minimum Gasteiger partial charge on any atom is -0.497 e. The Bertz CT molecular complexity index is 1930. The van der Waals surface area contributed by atoms with Crippen molar-refractivity contribution in [3.63, 3.8) is 0 Å². The molecule has 4 nitrogen and oxygen atoms in total. The van der Waals surface area contributed by atoms with Crippen LogP contribution in [0.2, 0.25) is 0 Å². The maximum absolute atomic E-state index is 6.17. The minimum atomic E-state index is -0.412. The molecule has 4 heteroatoms. The molecule has 2 aliphatic carbocycles. The van der Waals surface area contributed by atoms with Crippen LogP contribution in [-0.4, -0.2) is 27.4 Å². The Balaban J connectivity index is 1.06. The van der Waals surface area contributed by atoms with E-state index in [1.807, 2.05) is 24.3 Å². The lowest BCUT2D eigenvalue weighted by atomic mass is 9.66. The molecule has 0 aromatic heterocycles. The Kier molecular flexibility index (Phi) is 8.58. The van der Waals surface area contributed by atoms with Gasteiger partial charge in [0.05, 0.1) is 19.6 Å². The summed E-state index contributed by atoms with van der Waals surface area (Å²) in [4.78, 5) is 0. The van der Waals surface area contributed by atoms with E-state index in [4.69, 9.17) is 18.9 Å². The fraction of sp³-hybridized carbons (Fsp3) is 0.227. The third-order valence-electron chi connectivity index (χ3n) is 10.0. The molecular formula is C44H42O4. The minimum absolute atomic E-state index is 0.141. The van der Waals surface area contributed by atoms with Crippen molar-refractivity contribution in [1.82, 2.24) is 0 Å². The highest BCUT2D eigenvalue weighted by Gasteiger charge is 2.47. The Labute approximate surface area is 284 Å². The van der Waals surface area contributed by atoms with E-state index in [0.29, 0.717) is 13.2 Å². The molecule has 1 atom stereocenters. The summed E-state index contributed by atoms with van der Waals surface area (Å²) < 4.78 is 23.1. The smallest absolute Gasteiger partial charge is 0.122 e. The molecular weight excluding hydrogens is 592 g/mol. The van der Waals surface area contributed by atoms with Gasteiger partial charge in [0.15, 0.2) is 0 Å². The average molecular weight is 635 g/mol. The zero-order valence-electron chi connectivity index (χ0n) is 28.2. The van der Waals surface area contributed by atoms with Gasteiger partial charge in [-0.15, -0.1) is 0 Å². The number of allylic oxidation sites excluding steroid dienone is 4. The fourth-order valence-electron chi connectivity index (χ4n) is 7.41. The van der Waals surface area contributed by atoms with E-state index in [-0.39, 0.29) is 5.41 Å². The largest absolute Gasteiger partial charge is 0.497 e. The summed E-state index contributed by atoms with van der Waals surface area (Å²) in [6.45, 7) is 5.36. The van der Waals surface area contributed by atoms with Gasteiger partial charge in [-0.2, -0.15) is 0 Å². The molecule has 2 aliphatic rings. The molecule has 0 fully saturated rings. The Morgan fingerprint density at radius 2 is 1.06 bits per heavy atom. The quantitative estimate of drug-likeness (QED) is 0.136. The first-order valence-electron chi connectivity index (χ1n) is 16.7. The molecule has 1 unspecified atom stereocenters. The van der Waals surface area contributed by atoms with Crippen molar-refractivity contribution in [2.24, 2.45) is 0 Å². The van der Waals surface area contributed by atoms with Crippen molar-refractivity contribution in [2.75, 3.05) is 27.4 Å². The van der Waals surface area contributed by atoms with Crippen LogP contribution in [0.1, 0.15) is 60.1 Å². The second-order valence-corrected chi connectivity index (χ2v) is 13.0. The van der Waals surface area contributed by atoms with Crippen molar-refractivity contribution in [3.05, 3.63) is 172 Å². The zero-order chi connectivity index (χ0) is 33.1. The van der Waals surface area contributed by atoms with Crippen LogP contribution in [0.25, 0.3) is 5.57 Å². The molecule has 0 aliphatic heterocycles. The molecule has 242 valence electrons. The number of benzene rings is 5. The van der Waals surface area contributed by atoms with E-state index in [0.717, 1.165) is 35.8 Å². The van der Waals surface area contributed by atoms with Crippen molar-refractivity contribution < 1.29 is 18.9 Å². The molecule has 5 aromatic carbocycles. The van der Waals surface area contributed by atoms with Gasteiger partial charge < -0.3 is 18.9 Å². The summed E-state index contributed by atoms with van der Waals surface area (Å²) in [5, 5.41) is 0. The van der Waals surface area contributed by atoms with Gasteiger partial charge >= 0.3 is 0 Å². The predicted octanol–water partition coefficient (Wildman–Crippen LogP) is 9.94. The molecule has 0 radical (unpaired) electrons. The van der Waals surface area contributed by atoms with Crippen LogP contribution in [0.3, 0.4) is 0 Å². The highest BCUT2D eigenvalue weighted by Crippen LogP contribution is 2.57. The number of fused-ring (bicyclic) bond motifs is 2. The molecule has 0 saturated carbocycles. The average Bonchev–Trinajstić information content (AvgIpc) is 3.45. The number of methoxy groups -OCH3 is 2. The summed E-state index contributed by atoms with van der Waals surface area (Å²) in [7, 11) is 3.40. The van der Waals surface area contributed by atoms with Gasteiger partial charge in [0.25, 0.3) is 0 Å². The van der Waals surface area contributed by atoms with Gasteiger partial charge in [0, 0.05) is 5.41 Å². The van der Waals surface area contributed by atoms with Crippen LogP contribution in [0.4, 0.5) is 0 Å². The highest BCUT2D eigenvalue weighted by molar-refractivity contribution is 5.88. The van der Waals surface area contributed by atoms with Crippen LogP contribution in [-0.2, 0) is 10.8 Å². The third-order valence-corrected chi connectivity index (χ3v) is 10.0. The fourth-order valence-corrected chi connectivity index (χ4v) is 7.41. The van der Waals surface area contributed by atoms with Crippen molar-refractivity contribution in [3.8, 4) is 23.0 Å². The van der Waals surface area contributed by atoms with Crippen LogP contribution in [0.5, 0.6) is 23.0 Å². The molecule has 0 saturated heterocycles. The van der Waals surface area contributed by atoms with Crippen LogP contribution < -0.4 is 18.9 Å². The van der Waals surface area contributed by atoms with Gasteiger partial charge in [0.1, 0.15) is 36.2 Å². The van der Waals surface area contributed by atoms with Gasteiger partial charge in [-0.1, -0.05) is 98.8 Å². The van der Waals surface area contributed by atoms with Gasteiger partial charge in [-0.05, 0) is 106 Å². The first kappa shape index (κ1) is 31.4. The van der Waals surface area contributed by atoms with E-state index in [1.165, 1.54) is 44.5 Å². The van der Waals surface area contributed by atoms with E-state index in [1.54, 1.807) is 14.2 Å². The molecule has 48 heavy (non-hydrogen) atoms. The van der Waals surface area contributed by atoms with E-state index >= 15 is 0 Å². The number of hydrogen-bond donors (Lipinski definition) is 0. The molecule has 0 bridgehead atoms. The van der Waals surface area contributed by atoms with Crippen LogP contribution in [0, 0.1) is 0 Å². The van der Waals surface area contributed by atoms with Crippen molar-refractivity contribution in [1.29, 1.82) is 0 Å². The standard InChI is InChI=1S/C44H42O4/c1-43(2,31-13-21-35(45-3)22-14-31)32-15-25-37(26-16-32)47-29-30-48-38-27-19-34(20-28-38)44(33-17-23-36(46-4)24-18-33)41-11-7-5-9-39(41)40-10-6-8-12-42(40)44/h5,7-9,11-28H,6,10,29-30H2,1-4H3. The van der Waals surface area contributed by atoms with Crippen LogP contribution >= 0.6 is 0 Å². The summed E-state index contributed by atoms with van der Waals surface area (Å²) >= 11 is 0. The van der Waals surface area contributed by atoms with Crippen molar-refractivity contribution in [2.45, 2.75) is 37.5 Å². The topological polar surface area (TPSA) is 36.9 Å². The normalized spacial score (nSPS) is 16.7. The summed E-state index contributed by atoms with van der Waals surface area (Å²) in [5.74, 6) is 3.37. The van der Waals surface area contributed by atoms with Crippen molar-refractivity contribution >= 4 is 5.57 Å². The molecule has 0 spiro atoms. The lowest BCUT2D eigenvalue weighted by Crippen LogP contribution is -2.29. The number of rotatable bonds is 11. The molecule has 0 amide bonds. The highest BCUT2D eigenvalue weighted by atomic mass is 16.5. The Hall–Kier alpha value is -5.22. The molecule has 0 N–H and O–H groups in total. The SMILES string of the molecule is COc1ccc(C(C)(C)c2ccc(OCCOc3ccc(C4(c5ccc(OC)cc5)C5=C(CCC=C5)c5ccccc54)cc3)cc2)cc1. The van der Waals surface area contributed by atoms with E-state index in [2.05, 4.69) is 123 Å². The van der Waals surface area contributed by atoms with E-state index in [9.17, 15) is 0 Å². The van der Waals surface area contributed by atoms with Crippen LogP contribution in [0.15, 0.2) is 139 Å². The zero-order valence-corrected chi connectivity index (χ0v) is 28.2. The first-order valence-corrected chi connectivity index (χ1v) is 16.7. The van der Waals surface area contributed by atoms with Gasteiger partial charge in [0.2, 0.25) is 0 Å². The predicted molar refractivity (Wildman–Crippen MR) is 194 cm³/mol. The number of hydrogen-bond acceptors (Lipinski definition) is 4. The third kappa shape index (κ3) is 5.56. The van der Waals surface area contributed by atoms with Gasteiger partial charge in [-0.25, -0.2) is 0 Å². The molecule has 7 rings (SSSR count). The van der Waals surface area contributed by atoms with Gasteiger partial charge in [-0.3, -0.25) is 0 Å². The monoisotopic (exact) mass is 634 g/mol. The Morgan fingerprint density at radius 1 is 0.583 bits per heavy atom. The lowest BCUT2D eigenvalue weighted by molar-refractivity contribution is 0.217. The first-order chi connectivity index (χ1) is 23.4. The second-order valence-electron chi connectivity index (χ2n) is 13.0. The lowest BCUT2D eigenvalue weighted by Gasteiger charge is -2.35. The maximum atomic E-state index is 6.17. The number of ether oxygens (including phenoxy) is 4. The second kappa shape index (κ2) is 13.1. The van der Waals surface area contributed by atoms with E-state index < -0.39 is 5.41 Å².